The van der Waals surface area contributed by atoms with Gasteiger partial charge in [-0.2, -0.15) is 13.2 Å². The van der Waals surface area contributed by atoms with Crippen molar-refractivity contribution in [1.82, 2.24) is 4.90 Å². The van der Waals surface area contributed by atoms with Crippen molar-refractivity contribution in [3.8, 4) is 0 Å². The van der Waals surface area contributed by atoms with E-state index < -0.39 is 23.5 Å². The molecular weight excluding hydrogens is 239 g/mol. The topological polar surface area (TPSA) is 46.6 Å². The van der Waals surface area contributed by atoms with Crippen molar-refractivity contribution < 1.29 is 27.5 Å². The van der Waals surface area contributed by atoms with Crippen molar-refractivity contribution in [3.05, 3.63) is 0 Å². The monoisotopic (exact) mass is 255 g/mol. The zero-order chi connectivity index (χ0) is 13.9. The number of hydrogen-bond acceptors (Lipinski definition) is 3. The van der Waals surface area contributed by atoms with Crippen molar-refractivity contribution in [2.24, 2.45) is 5.41 Å². The summed E-state index contributed by atoms with van der Waals surface area (Å²) in [6, 6.07) is 0. The highest BCUT2D eigenvalue weighted by molar-refractivity contribution is 5.83. The molecule has 0 fully saturated rings. The first-order chi connectivity index (χ1) is 7.52. The van der Waals surface area contributed by atoms with Gasteiger partial charge < -0.3 is 9.64 Å². The summed E-state index contributed by atoms with van der Waals surface area (Å²) in [5.74, 6) is -2.61. The predicted octanol–water partition coefficient (Wildman–Crippen LogP) is 1.60. The van der Waals surface area contributed by atoms with E-state index in [1.54, 1.807) is 6.92 Å². The molecule has 0 spiro atoms. The van der Waals surface area contributed by atoms with Crippen LogP contribution < -0.4 is 0 Å². The molecule has 0 heterocycles. The van der Waals surface area contributed by atoms with Crippen LogP contribution in [0.5, 0.6) is 0 Å². The molecule has 0 aromatic heterocycles. The number of esters is 1. The van der Waals surface area contributed by atoms with Crippen LogP contribution in [0.1, 0.15) is 20.8 Å². The largest absolute Gasteiger partial charge is 0.471 e. The van der Waals surface area contributed by atoms with E-state index in [1.165, 1.54) is 13.8 Å². The minimum Gasteiger partial charge on any atom is -0.466 e. The Labute approximate surface area is 97.7 Å². The van der Waals surface area contributed by atoms with Gasteiger partial charge in [-0.05, 0) is 20.8 Å². The van der Waals surface area contributed by atoms with Crippen LogP contribution in [0.25, 0.3) is 0 Å². The Morgan fingerprint density at radius 1 is 1.24 bits per heavy atom. The molecule has 0 saturated carbocycles. The summed E-state index contributed by atoms with van der Waals surface area (Å²) >= 11 is 0. The van der Waals surface area contributed by atoms with Crippen molar-refractivity contribution in [2.45, 2.75) is 26.9 Å². The summed E-state index contributed by atoms with van der Waals surface area (Å²) in [5, 5.41) is 0. The van der Waals surface area contributed by atoms with Gasteiger partial charge in [0.2, 0.25) is 0 Å². The van der Waals surface area contributed by atoms with Gasteiger partial charge in [0.1, 0.15) is 0 Å². The standard InChI is InChI=1S/C10H16F3NO3/c1-5-17-8(16)9(2,3)6-14(4)7(15)10(11,12)13/h5-6H2,1-4H3. The fourth-order valence-electron chi connectivity index (χ4n) is 1.27. The van der Waals surface area contributed by atoms with Crippen LogP contribution in [0.15, 0.2) is 0 Å². The molecule has 0 bridgehead atoms. The first-order valence-corrected chi connectivity index (χ1v) is 5.02. The van der Waals surface area contributed by atoms with Crippen LogP contribution in [0.3, 0.4) is 0 Å². The Morgan fingerprint density at radius 3 is 2.06 bits per heavy atom. The van der Waals surface area contributed by atoms with Crippen molar-refractivity contribution in [1.29, 1.82) is 0 Å². The lowest BCUT2D eigenvalue weighted by Gasteiger charge is -2.28. The van der Waals surface area contributed by atoms with Gasteiger partial charge in [-0.15, -0.1) is 0 Å². The number of rotatable bonds is 4. The van der Waals surface area contributed by atoms with Crippen LogP contribution in [-0.2, 0) is 14.3 Å². The summed E-state index contributed by atoms with van der Waals surface area (Å²) < 4.78 is 41.1. The summed E-state index contributed by atoms with van der Waals surface area (Å²) in [5.41, 5.74) is -1.17. The lowest BCUT2D eigenvalue weighted by Crippen LogP contribution is -2.45. The minimum absolute atomic E-state index is 0.138. The molecule has 0 atom stereocenters. The summed E-state index contributed by atoms with van der Waals surface area (Å²) in [4.78, 5) is 22.8. The van der Waals surface area contributed by atoms with E-state index in [0.717, 1.165) is 7.05 Å². The molecule has 17 heavy (non-hydrogen) atoms. The van der Waals surface area contributed by atoms with Crippen LogP contribution in [0.2, 0.25) is 0 Å². The molecule has 7 heteroatoms. The first-order valence-electron chi connectivity index (χ1n) is 5.02. The SMILES string of the molecule is CCOC(=O)C(C)(C)CN(C)C(=O)C(F)(F)F. The van der Waals surface area contributed by atoms with Gasteiger partial charge in [-0.25, -0.2) is 0 Å². The highest BCUT2D eigenvalue weighted by Gasteiger charge is 2.43. The second kappa shape index (κ2) is 5.37. The fourth-order valence-corrected chi connectivity index (χ4v) is 1.27. The highest BCUT2D eigenvalue weighted by atomic mass is 19.4. The summed E-state index contributed by atoms with van der Waals surface area (Å²) in [7, 11) is 0.997. The number of ether oxygens (including phenoxy) is 1. The van der Waals surface area contributed by atoms with E-state index in [4.69, 9.17) is 4.74 Å². The second-order valence-corrected chi connectivity index (χ2v) is 4.26. The molecule has 0 aromatic rings. The van der Waals surface area contributed by atoms with Gasteiger partial charge in [0.15, 0.2) is 0 Å². The Balaban J connectivity index is 4.62. The quantitative estimate of drug-likeness (QED) is 0.717. The molecule has 0 aromatic carbocycles. The third-order valence-corrected chi connectivity index (χ3v) is 2.05. The van der Waals surface area contributed by atoms with E-state index >= 15 is 0 Å². The molecule has 0 aliphatic heterocycles. The summed E-state index contributed by atoms with van der Waals surface area (Å²) in [6.07, 6.45) is -4.93. The average Bonchev–Trinajstić information content (AvgIpc) is 2.14. The lowest BCUT2D eigenvalue weighted by atomic mass is 9.93. The van der Waals surface area contributed by atoms with Gasteiger partial charge in [-0.3, -0.25) is 9.59 Å². The number of nitrogens with zero attached hydrogens (tertiary/aromatic N) is 1. The van der Waals surface area contributed by atoms with Gasteiger partial charge in [0, 0.05) is 13.6 Å². The number of amides is 1. The maximum absolute atomic E-state index is 12.1. The molecular formula is C10H16F3NO3. The number of alkyl halides is 3. The number of hydrogen-bond donors (Lipinski definition) is 0. The van der Waals surface area contributed by atoms with E-state index in [0.29, 0.717) is 4.90 Å². The molecule has 100 valence electrons. The van der Waals surface area contributed by atoms with E-state index in [1.807, 2.05) is 0 Å². The minimum atomic E-state index is -4.93. The summed E-state index contributed by atoms with van der Waals surface area (Å²) in [6.45, 7) is 4.22. The number of carbonyl (C=O) groups excluding carboxylic acids is 2. The van der Waals surface area contributed by atoms with Gasteiger partial charge in [0.05, 0.1) is 12.0 Å². The third-order valence-electron chi connectivity index (χ3n) is 2.05. The van der Waals surface area contributed by atoms with Crippen LogP contribution in [0.4, 0.5) is 13.2 Å². The molecule has 0 rings (SSSR count). The maximum atomic E-state index is 12.1. The normalized spacial score (nSPS) is 12.2. The molecule has 0 N–H and O–H groups in total. The maximum Gasteiger partial charge on any atom is 0.471 e. The lowest BCUT2D eigenvalue weighted by molar-refractivity contribution is -0.186. The van der Waals surface area contributed by atoms with Gasteiger partial charge in [-0.1, -0.05) is 0 Å². The molecule has 4 nitrogen and oxygen atoms in total. The molecule has 0 radical (unpaired) electrons. The molecule has 1 amide bonds. The van der Waals surface area contributed by atoms with Gasteiger partial charge in [0.25, 0.3) is 0 Å². The Hall–Kier alpha value is -1.27. The van der Waals surface area contributed by atoms with Crippen LogP contribution >= 0.6 is 0 Å². The zero-order valence-corrected chi connectivity index (χ0v) is 10.2. The predicted molar refractivity (Wildman–Crippen MR) is 54.1 cm³/mol. The highest BCUT2D eigenvalue weighted by Crippen LogP contribution is 2.23. The number of carbonyl (C=O) groups is 2. The van der Waals surface area contributed by atoms with E-state index in [9.17, 15) is 22.8 Å². The Bertz CT molecular complexity index is 300. The first kappa shape index (κ1) is 15.7. The molecule has 0 aliphatic carbocycles. The van der Waals surface area contributed by atoms with Crippen molar-refractivity contribution >= 4 is 11.9 Å². The second-order valence-electron chi connectivity index (χ2n) is 4.26. The average molecular weight is 255 g/mol. The van der Waals surface area contributed by atoms with Crippen molar-refractivity contribution in [3.63, 3.8) is 0 Å². The molecule has 0 saturated heterocycles. The molecule has 0 unspecified atom stereocenters. The van der Waals surface area contributed by atoms with Crippen LogP contribution in [0, 0.1) is 5.41 Å². The Kier molecular flexibility index (Phi) is 4.97. The third kappa shape index (κ3) is 4.62. The van der Waals surface area contributed by atoms with Crippen LogP contribution in [-0.4, -0.2) is 43.2 Å². The number of halogens is 3. The van der Waals surface area contributed by atoms with E-state index in [-0.39, 0.29) is 13.2 Å². The smallest absolute Gasteiger partial charge is 0.466 e. The van der Waals surface area contributed by atoms with Gasteiger partial charge >= 0.3 is 18.1 Å². The van der Waals surface area contributed by atoms with Crippen molar-refractivity contribution in [2.75, 3.05) is 20.2 Å². The van der Waals surface area contributed by atoms with E-state index in [2.05, 4.69) is 0 Å². The fraction of sp³-hybridized carbons (Fsp3) is 0.800. The Morgan fingerprint density at radius 2 is 1.71 bits per heavy atom. The molecule has 0 aliphatic rings. The zero-order valence-electron chi connectivity index (χ0n) is 10.2.